The monoisotopic (exact) mass is 473 g/mol. The zero-order valence-electron chi connectivity index (χ0n) is 15.3. The Labute approximate surface area is 172 Å². The highest BCUT2D eigenvalue weighted by atomic mass is 127. The van der Waals surface area contributed by atoms with Crippen LogP contribution in [0.4, 0.5) is 0 Å². The second-order valence-corrected chi connectivity index (χ2v) is 7.22. The van der Waals surface area contributed by atoms with E-state index in [1.54, 1.807) is 25.5 Å². The van der Waals surface area contributed by atoms with E-state index in [0.717, 1.165) is 31.2 Å². The molecule has 0 radical (unpaired) electrons. The van der Waals surface area contributed by atoms with Gasteiger partial charge >= 0.3 is 0 Å². The minimum Gasteiger partial charge on any atom is -0.496 e. The van der Waals surface area contributed by atoms with Gasteiger partial charge in [-0.3, -0.25) is 4.99 Å². The summed E-state index contributed by atoms with van der Waals surface area (Å²) in [6.45, 7) is 6.13. The van der Waals surface area contributed by atoms with Crippen LogP contribution in [0.1, 0.15) is 24.3 Å². The molecule has 2 aromatic rings. The average molecular weight is 473 g/mol. The third kappa shape index (κ3) is 6.51. The van der Waals surface area contributed by atoms with Gasteiger partial charge in [0.25, 0.3) is 0 Å². The molecule has 25 heavy (non-hydrogen) atoms. The summed E-state index contributed by atoms with van der Waals surface area (Å²) >= 11 is 1.79. The molecule has 0 aliphatic rings. The molecule has 0 aliphatic carbocycles. The van der Waals surface area contributed by atoms with Gasteiger partial charge in [-0.25, -0.2) is 0 Å². The van der Waals surface area contributed by atoms with Gasteiger partial charge in [-0.05, 0) is 29.5 Å². The van der Waals surface area contributed by atoms with Gasteiger partial charge in [0, 0.05) is 30.4 Å². The number of para-hydroxylation sites is 1. The highest BCUT2D eigenvalue weighted by molar-refractivity contribution is 14.0. The Kier molecular flexibility index (Phi) is 9.27. The lowest BCUT2D eigenvalue weighted by Crippen LogP contribution is -2.43. The smallest absolute Gasteiger partial charge is 0.191 e. The van der Waals surface area contributed by atoms with E-state index < -0.39 is 0 Å². The van der Waals surface area contributed by atoms with Crippen molar-refractivity contribution < 1.29 is 4.74 Å². The van der Waals surface area contributed by atoms with Gasteiger partial charge in [-0.2, -0.15) is 0 Å². The van der Waals surface area contributed by atoms with Crippen molar-refractivity contribution in [1.29, 1.82) is 0 Å². The van der Waals surface area contributed by atoms with Gasteiger partial charge in [0.05, 0.1) is 7.11 Å². The summed E-state index contributed by atoms with van der Waals surface area (Å²) in [4.78, 5) is 5.69. The molecule has 0 saturated heterocycles. The van der Waals surface area contributed by atoms with Crippen molar-refractivity contribution in [2.24, 2.45) is 4.99 Å². The van der Waals surface area contributed by atoms with Gasteiger partial charge in [-0.1, -0.05) is 38.1 Å². The van der Waals surface area contributed by atoms with E-state index in [0.29, 0.717) is 0 Å². The van der Waals surface area contributed by atoms with E-state index in [9.17, 15) is 0 Å². The molecule has 0 saturated carbocycles. The molecule has 1 aromatic carbocycles. The fourth-order valence-corrected chi connectivity index (χ4v) is 3.35. The predicted octanol–water partition coefficient (Wildman–Crippen LogP) is 4.06. The number of aliphatic imine (C=N–C) groups is 1. The van der Waals surface area contributed by atoms with Crippen molar-refractivity contribution in [2.75, 3.05) is 27.2 Å². The number of guanidine groups is 1. The topological polar surface area (TPSA) is 45.7 Å². The Balaban J connectivity index is 0.00000312. The maximum Gasteiger partial charge on any atom is 0.191 e. The van der Waals surface area contributed by atoms with Crippen LogP contribution in [-0.4, -0.2) is 33.2 Å². The number of rotatable bonds is 7. The second-order valence-electron chi connectivity index (χ2n) is 6.28. The highest BCUT2D eigenvalue weighted by Crippen LogP contribution is 2.26. The van der Waals surface area contributed by atoms with Gasteiger partial charge < -0.3 is 15.4 Å². The minimum absolute atomic E-state index is 0. The van der Waals surface area contributed by atoms with E-state index >= 15 is 0 Å². The lowest BCUT2D eigenvalue weighted by atomic mass is 9.91. The standard InChI is InChI=1S/C19H27N3OS.HI/c1-19(2,17-10-7-13-24-17)14-22-18(20-3)21-12-11-15-8-5-6-9-16(15)23-4;/h5-10,13H,11-12,14H2,1-4H3,(H2,20,21,22);1H. The number of nitrogens with zero attached hydrogens (tertiary/aromatic N) is 1. The van der Waals surface area contributed by atoms with E-state index in [1.807, 2.05) is 18.2 Å². The average Bonchev–Trinajstić information content (AvgIpc) is 3.14. The molecule has 0 fully saturated rings. The van der Waals surface area contributed by atoms with Crippen molar-refractivity contribution in [1.82, 2.24) is 10.6 Å². The number of methoxy groups -OCH3 is 1. The van der Waals surface area contributed by atoms with Gasteiger partial charge in [0.2, 0.25) is 0 Å². The molecule has 0 atom stereocenters. The number of ether oxygens (including phenoxy) is 1. The predicted molar refractivity (Wildman–Crippen MR) is 119 cm³/mol. The number of benzene rings is 1. The van der Waals surface area contributed by atoms with Crippen molar-refractivity contribution in [3.8, 4) is 5.75 Å². The lowest BCUT2D eigenvalue weighted by molar-refractivity contribution is 0.409. The molecule has 1 heterocycles. The molecule has 0 unspecified atom stereocenters. The molecule has 4 nitrogen and oxygen atoms in total. The molecule has 6 heteroatoms. The summed E-state index contributed by atoms with van der Waals surface area (Å²) in [5.41, 5.74) is 1.27. The first kappa shape index (κ1) is 21.8. The molecule has 138 valence electrons. The number of hydrogen-bond acceptors (Lipinski definition) is 3. The number of thiophene rings is 1. The summed E-state index contributed by atoms with van der Waals surface area (Å²) in [5.74, 6) is 1.76. The molecule has 2 rings (SSSR count). The SMILES string of the molecule is CN=C(NCCc1ccccc1OC)NCC(C)(C)c1cccs1.I. The fourth-order valence-electron chi connectivity index (χ4n) is 2.50. The summed E-state index contributed by atoms with van der Waals surface area (Å²) in [6.07, 6.45) is 0.888. The normalized spacial score (nSPS) is 11.6. The Bertz CT molecular complexity index is 656. The molecular formula is C19H28IN3OS. The quantitative estimate of drug-likeness (QED) is 0.362. The minimum atomic E-state index is 0. The summed E-state index contributed by atoms with van der Waals surface area (Å²) < 4.78 is 5.39. The molecule has 0 spiro atoms. The van der Waals surface area contributed by atoms with Crippen molar-refractivity contribution in [3.05, 3.63) is 52.2 Å². The Morgan fingerprint density at radius 3 is 2.56 bits per heavy atom. The first-order valence-electron chi connectivity index (χ1n) is 8.17. The van der Waals surface area contributed by atoms with Crippen LogP contribution in [-0.2, 0) is 11.8 Å². The van der Waals surface area contributed by atoms with Gasteiger partial charge in [0.1, 0.15) is 5.75 Å². The maximum absolute atomic E-state index is 5.39. The number of nitrogens with one attached hydrogen (secondary N) is 2. The molecule has 0 amide bonds. The van der Waals surface area contributed by atoms with Crippen molar-refractivity contribution >= 4 is 41.3 Å². The van der Waals surface area contributed by atoms with Crippen molar-refractivity contribution in [2.45, 2.75) is 25.7 Å². The first-order chi connectivity index (χ1) is 11.6. The van der Waals surface area contributed by atoms with Crippen molar-refractivity contribution in [3.63, 3.8) is 0 Å². The molecular weight excluding hydrogens is 445 g/mol. The van der Waals surface area contributed by atoms with E-state index in [2.05, 4.69) is 53.1 Å². The third-order valence-electron chi connectivity index (χ3n) is 3.99. The molecule has 0 bridgehead atoms. The van der Waals surface area contributed by atoms with Gasteiger partial charge in [-0.15, -0.1) is 35.3 Å². The summed E-state index contributed by atoms with van der Waals surface area (Å²) in [5, 5.41) is 8.92. The number of hydrogen-bond donors (Lipinski definition) is 2. The zero-order chi connectivity index (χ0) is 17.4. The molecule has 2 N–H and O–H groups in total. The van der Waals surface area contributed by atoms with Crippen LogP contribution in [0.25, 0.3) is 0 Å². The van der Waals surface area contributed by atoms with Gasteiger partial charge in [0.15, 0.2) is 5.96 Å². The third-order valence-corrected chi connectivity index (χ3v) is 5.22. The van der Waals surface area contributed by atoms with Crippen LogP contribution >= 0.6 is 35.3 Å². The fraction of sp³-hybridized carbons (Fsp3) is 0.421. The largest absolute Gasteiger partial charge is 0.496 e. The Hall–Kier alpha value is -1.28. The Morgan fingerprint density at radius 1 is 1.16 bits per heavy atom. The van der Waals surface area contributed by atoms with E-state index in [-0.39, 0.29) is 29.4 Å². The molecule has 1 aromatic heterocycles. The lowest BCUT2D eigenvalue weighted by Gasteiger charge is -2.25. The van der Waals surface area contributed by atoms with E-state index in [1.165, 1.54) is 10.4 Å². The van der Waals surface area contributed by atoms with E-state index in [4.69, 9.17) is 4.74 Å². The number of halogens is 1. The van der Waals surface area contributed by atoms with Crippen LogP contribution in [0.15, 0.2) is 46.8 Å². The molecule has 0 aliphatic heterocycles. The van der Waals surface area contributed by atoms with Crippen LogP contribution in [0, 0.1) is 0 Å². The van der Waals surface area contributed by atoms with Crippen LogP contribution in [0.3, 0.4) is 0 Å². The summed E-state index contributed by atoms with van der Waals surface area (Å²) in [7, 11) is 3.51. The summed E-state index contributed by atoms with van der Waals surface area (Å²) in [6, 6.07) is 12.4. The maximum atomic E-state index is 5.39. The van der Waals surface area contributed by atoms with Crippen LogP contribution in [0.2, 0.25) is 0 Å². The second kappa shape index (κ2) is 10.7. The highest BCUT2D eigenvalue weighted by Gasteiger charge is 2.21. The zero-order valence-corrected chi connectivity index (χ0v) is 18.5. The van der Waals surface area contributed by atoms with Crippen LogP contribution in [0.5, 0.6) is 5.75 Å². The first-order valence-corrected chi connectivity index (χ1v) is 9.05. The van der Waals surface area contributed by atoms with Crippen LogP contribution < -0.4 is 15.4 Å². The Morgan fingerprint density at radius 2 is 1.92 bits per heavy atom.